The highest BCUT2D eigenvalue weighted by Crippen LogP contribution is 2.23. The molecule has 0 spiro atoms. The monoisotopic (exact) mass is 246 g/mol. The third kappa shape index (κ3) is 2.84. The molecule has 1 unspecified atom stereocenters. The Morgan fingerprint density at radius 2 is 2.28 bits per heavy atom. The topological polar surface area (TPSA) is 41.1 Å². The van der Waals surface area contributed by atoms with Crippen LogP contribution in [0.3, 0.4) is 0 Å². The summed E-state index contributed by atoms with van der Waals surface area (Å²) in [4.78, 5) is 12.2. The van der Waals surface area contributed by atoms with Crippen molar-refractivity contribution >= 4 is 11.6 Å². The molecule has 0 aromatic heterocycles. The summed E-state index contributed by atoms with van der Waals surface area (Å²) in [6, 6.07) is 6.24. The zero-order valence-corrected chi connectivity index (χ0v) is 11.3. The standard InChI is InChI=1S/C15H22N2O/c1-3-5-13(4-2)17-15(18)12-6-7-14-11(10-12)8-9-16-14/h6-7,10,13,16H,3-5,8-9H2,1-2H3,(H,17,18). The predicted octanol–water partition coefficient (Wildman–Crippen LogP) is 2.96. The Kier molecular flexibility index (Phi) is 4.24. The molecule has 1 heterocycles. The van der Waals surface area contributed by atoms with Crippen molar-refractivity contribution in [2.45, 2.75) is 45.6 Å². The summed E-state index contributed by atoms with van der Waals surface area (Å²) in [5, 5.41) is 6.42. The summed E-state index contributed by atoms with van der Waals surface area (Å²) in [6.07, 6.45) is 4.16. The molecule has 1 aromatic rings. The van der Waals surface area contributed by atoms with Gasteiger partial charge in [0.15, 0.2) is 0 Å². The average molecular weight is 246 g/mol. The van der Waals surface area contributed by atoms with Crippen molar-refractivity contribution in [2.75, 3.05) is 11.9 Å². The third-order valence-corrected chi connectivity index (χ3v) is 3.54. The van der Waals surface area contributed by atoms with Gasteiger partial charge in [-0.3, -0.25) is 4.79 Å². The minimum Gasteiger partial charge on any atom is -0.384 e. The second kappa shape index (κ2) is 5.89. The van der Waals surface area contributed by atoms with Gasteiger partial charge in [0.05, 0.1) is 0 Å². The number of carbonyl (C=O) groups excluding carboxylic acids is 1. The number of fused-ring (bicyclic) bond motifs is 1. The first-order valence-electron chi connectivity index (χ1n) is 6.92. The summed E-state index contributed by atoms with van der Waals surface area (Å²) >= 11 is 0. The van der Waals surface area contributed by atoms with Gasteiger partial charge in [0, 0.05) is 23.8 Å². The molecule has 0 fully saturated rings. The van der Waals surface area contributed by atoms with Gasteiger partial charge in [-0.05, 0) is 43.0 Å². The largest absolute Gasteiger partial charge is 0.384 e. The minimum absolute atomic E-state index is 0.0602. The van der Waals surface area contributed by atoms with Gasteiger partial charge in [0.2, 0.25) is 0 Å². The van der Waals surface area contributed by atoms with Gasteiger partial charge in [-0.2, -0.15) is 0 Å². The zero-order chi connectivity index (χ0) is 13.0. The molecule has 2 rings (SSSR count). The van der Waals surface area contributed by atoms with Gasteiger partial charge < -0.3 is 10.6 Å². The molecule has 1 amide bonds. The molecular weight excluding hydrogens is 224 g/mol. The van der Waals surface area contributed by atoms with Crippen molar-refractivity contribution in [2.24, 2.45) is 0 Å². The molecule has 0 saturated heterocycles. The number of hydrogen-bond acceptors (Lipinski definition) is 2. The SMILES string of the molecule is CCCC(CC)NC(=O)c1ccc2c(c1)CCN2. The van der Waals surface area contributed by atoms with Crippen LogP contribution in [0.5, 0.6) is 0 Å². The zero-order valence-electron chi connectivity index (χ0n) is 11.3. The molecule has 98 valence electrons. The lowest BCUT2D eigenvalue weighted by atomic mass is 10.1. The van der Waals surface area contributed by atoms with E-state index >= 15 is 0 Å². The van der Waals surface area contributed by atoms with Crippen molar-refractivity contribution in [3.63, 3.8) is 0 Å². The molecule has 1 aliphatic rings. The van der Waals surface area contributed by atoms with Gasteiger partial charge >= 0.3 is 0 Å². The summed E-state index contributed by atoms with van der Waals surface area (Å²) in [5.74, 6) is 0.0602. The van der Waals surface area contributed by atoms with Crippen LogP contribution >= 0.6 is 0 Å². The lowest BCUT2D eigenvalue weighted by Crippen LogP contribution is -2.34. The van der Waals surface area contributed by atoms with E-state index in [9.17, 15) is 4.79 Å². The second-order valence-electron chi connectivity index (χ2n) is 4.92. The molecular formula is C15H22N2O. The number of hydrogen-bond donors (Lipinski definition) is 2. The molecule has 1 aliphatic heterocycles. The first-order chi connectivity index (χ1) is 8.74. The summed E-state index contributed by atoms with van der Waals surface area (Å²) < 4.78 is 0. The molecule has 1 atom stereocenters. The van der Waals surface area contributed by atoms with Crippen molar-refractivity contribution in [1.29, 1.82) is 0 Å². The third-order valence-electron chi connectivity index (χ3n) is 3.54. The number of anilines is 1. The summed E-state index contributed by atoms with van der Waals surface area (Å²) in [7, 11) is 0. The molecule has 0 aliphatic carbocycles. The van der Waals surface area contributed by atoms with E-state index in [1.54, 1.807) is 0 Å². The van der Waals surface area contributed by atoms with E-state index in [0.717, 1.165) is 37.8 Å². The van der Waals surface area contributed by atoms with Crippen molar-refractivity contribution in [1.82, 2.24) is 5.32 Å². The number of amides is 1. The fraction of sp³-hybridized carbons (Fsp3) is 0.533. The van der Waals surface area contributed by atoms with Crippen molar-refractivity contribution in [3.8, 4) is 0 Å². The van der Waals surface area contributed by atoms with Crippen LogP contribution in [-0.2, 0) is 6.42 Å². The van der Waals surface area contributed by atoms with Crippen LogP contribution in [0, 0.1) is 0 Å². The van der Waals surface area contributed by atoms with E-state index in [0.29, 0.717) is 6.04 Å². The number of rotatable bonds is 5. The smallest absolute Gasteiger partial charge is 0.251 e. The predicted molar refractivity (Wildman–Crippen MR) is 75.1 cm³/mol. The fourth-order valence-corrected chi connectivity index (χ4v) is 2.44. The quantitative estimate of drug-likeness (QED) is 0.838. The van der Waals surface area contributed by atoms with Crippen LogP contribution in [0.1, 0.15) is 49.0 Å². The fourth-order valence-electron chi connectivity index (χ4n) is 2.44. The molecule has 0 saturated carbocycles. The Morgan fingerprint density at radius 3 is 3.00 bits per heavy atom. The number of benzene rings is 1. The van der Waals surface area contributed by atoms with E-state index in [4.69, 9.17) is 0 Å². The second-order valence-corrected chi connectivity index (χ2v) is 4.92. The molecule has 1 aromatic carbocycles. The van der Waals surface area contributed by atoms with E-state index < -0.39 is 0 Å². The summed E-state index contributed by atoms with van der Waals surface area (Å²) in [6.45, 7) is 5.25. The Labute approximate surface area is 109 Å². The van der Waals surface area contributed by atoms with Crippen LogP contribution in [0.25, 0.3) is 0 Å². The van der Waals surface area contributed by atoms with E-state index in [-0.39, 0.29) is 5.91 Å². The van der Waals surface area contributed by atoms with Crippen LogP contribution in [-0.4, -0.2) is 18.5 Å². The van der Waals surface area contributed by atoms with Gasteiger partial charge in [0.25, 0.3) is 5.91 Å². The maximum absolute atomic E-state index is 12.2. The lowest BCUT2D eigenvalue weighted by Gasteiger charge is -2.16. The Balaban J connectivity index is 2.04. The van der Waals surface area contributed by atoms with Gasteiger partial charge in [-0.1, -0.05) is 20.3 Å². The van der Waals surface area contributed by atoms with Crippen molar-refractivity contribution < 1.29 is 4.79 Å². The van der Waals surface area contributed by atoms with Gasteiger partial charge in [-0.15, -0.1) is 0 Å². The molecule has 0 radical (unpaired) electrons. The molecule has 3 nitrogen and oxygen atoms in total. The summed E-state index contributed by atoms with van der Waals surface area (Å²) in [5.41, 5.74) is 3.21. The first kappa shape index (κ1) is 12.9. The highest BCUT2D eigenvalue weighted by Gasteiger charge is 2.15. The molecule has 0 bridgehead atoms. The van der Waals surface area contributed by atoms with Crippen molar-refractivity contribution in [3.05, 3.63) is 29.3 Å². The number of carbonyl (C=O) groups is 1. The molecule has 3 heteroatoms. The normalized spacial score (nSPS) is 14.8. The maximum Gasteiger partial charge on any atom is 0.251 e. The van der Waals surface area contributed by atoms with Crippen LogP contribution in [0.4, 0.5) is 5.69 Å². The average Bonchev–Trinajstić information content (AvgIpc) is 2.85. The highest BCUT2D eigenvalue weighted by atomic mass is 16.1. The molecule has 18 heavy (non-hydrogen) atoms. The Morgan fingerprint density at radius 1 is 1.44 bits per heavy atom. The minimum atomic E-state index is 0.0602. The van der Waals surface area contributed by atoms with E-state index in [1.165, 1.54) is 11.3 Å². The first-order valence-corrected chi connectivity index (χ1v) is 6.92. The lowest BCUT2D eigenvalue weighted by molar-refractivity contribution is 0.0933. The Bertz CT molecular complexity index is 429. The van der Waals surface area contributed by atoms with E-state index in [2.05, 4.69) is 24.5 Å². The van der Waals surface area contributed by atoms with Crippen LogP contribution < -0.4 is 10.6 Å². The number of nitrogens with one attached hydrogen (secondary N) is 2. The maximum atomic E-state index is 12.2. The Hall–Kier alpha value is -1.51. The van der Waals surface area contributed by atoms with Crippen LogP contribution in [0.15, 0.2) is 18.2 Å². The highest BCUT2D eigenvalue weighted by molar-refractivity contribution is 5.95. The van der Waals surface area contributed by atoms with E-state index in [1.807, 2.05) is 18.2 Å². The van der Waals surface area contributed by atoms with Gasteiger partial charge in [0.1, 0.15) is 0 Å². The molecule has 2 N–H and O–H groups in total. The van der Waals surface area contributed by atoms with Crippen LogP contribution in [0.2, 0.25) is 0 Å². The van der Waals surface area contributed by atoms with Gasteiger partial charge in [-0.25, -0.2) is 0 Å².